The van der Waals surface area contributed by atoms with Gasteiger partial charge in [0, 0.05) is 12.1 Å². The normalized spacial score (nSPS) is 12.9. The van der Waals surface area contributed by atoms with Crippen molar-refractivity contribution in [3.05, 3.63) is 34.6 Å². The summed E-state index contributed by atoms with van der Waals surface area (Å²) in [6.07, 6.45) is 1.56. The van der Waals surface area contributed by atoms with Gasteiger partial charge in [0.05, 0.1) is 18.4 Å². The molecule has 0 aliphatic heterocycles. The van der Waals surface area contributed by atoms with Crippen molar-refractivity contribution in [3.63, 3.8) is 0 Å². The number of carbonyl (C=O) groups is 1. The van der Waals surface area contributed by atoms with Gasteiger partial charge in [0.25, 0.3) is 5.56 Å². The second kappa shape index (κ2) is 4.76. The number of esters is 1. The standard InChI is InChI=1S/C14H15N3O4/c1-4-20-14(19)8(2)17-13(18)11-7-12-10(5-6-21-12)16(11)9(3)15-17/h5-8H,4H2,1-3H3. The summed E-state index contributed by atoms with van der Waals surface area (Å²) >= 11 is 0. The third kappa shape index (κ3) is 1.93. The van der Waals surface area contributed by atoms with Crippen LogP contribution in [0.25, 0.3) is 16.6 Å². The molecule has 0 N–H and O–H groups in total. The molecule has 0 saturated carbocycles. The van der Waals surface area contributed by atoms with Gasteiger partial charge in [-0.1, -0.05) is 0 Å². The third-order valence-electron chi connectivity index (χ3n) is 3.42. The van der Waals surface area contributed by atoms with Crippen molar-refractivity contribution < 1.29 is 13.9 Å². The number of nitrogens with zero attached hydrogens (tertiary/aromatic N) is 3. The van der Waals surface area contributed by atoms with Gasteiger partial charge in [-0.25, -0.2) is 9.48 Å². The first-order valence-corrected chi connectivity index (χ1v) is 6.69. The lowest BCUT2D eigenvalue weighted by Gasteiger charge is -2.14. The first-order valence-electron chi connectivity index (χ1n) is 6.69. The zero-order valence-electron chi connectivity index (χ0n) is 12.0. The van der Waals surface area contributed by atoms with Gasteiger partial charge in [-0.3, -0.25) is 9.20 Å². The molecular weight excluding hydrogens is 274 g/mol. The number of fused-ring (bicyclic) bond motifs is 3. The van der Waals surface area contributed by atoms with E-state index in [0.717, 1.165) is 10.2 Å². The van der Waals surface area contributed by atoms with Gasteiger partial charge in [0.15, 0.2) is 11.6 Å². The minimum absolute atomic E-state index is 0.261. The summed E-state index contributed by atoms with van der Waals surface area (Å²) in [5.74, 6) is 0.114. The largest absolute Gasteiger partial charge is 0.464 e. The smallest absolute Gasteiger partial charge is 0.330 e. The van der Waals surface area contributed by atoms with Crippen LogP contribution in [0.3, 0.4) is 0 Å². The van der Waals surface area contributed by atoms with Crippen LogP contribution in [0.2, 0.25) is 0 Å². The highest BCUT2D eigenvalue weighted by Crippen LogP contribution is 2.20. The molecule has 0 aliphatic rings. The van der Waals surface area contributed by atoms with E-state index in [-0.39, 0.29) is 12.2 Å². The van der Waals surface area contributed by atoms with E-state index in [1.165, 1.54) is 0 Å². The van der Waals surface area contributed by atoms with Crippen LogP contribution in [-0.2, 0) is 9.53 Å². The minimum Gasteiger partial charge on any atom is -0.464 e. The van der Waals surface area contributed by atoms with Crippen LogP contribution in [0.1, 0.15) is 25.7 Å². The maximum absolute atomic E-state index is 12.5. The van der Waals surface area contributed by atoms with Gasteiger partial charge in [0.2, 0.25) is 0 Å². The molecule has 3 aromatic heterocycles. The number of ether oxygens (including phenoxy) is 1. The topological polar surface area (TPSA) is 78.7 Å². The van der Waals surface area contributed by atoms with E-state index in [4.69, 9.17) is 9.15 Å². The van der Waals surface area contributed by atoms with Crippen molar-refractivity contribution in [2.75, 3.05) is 6.61 Å². The third-order valence-corrected chi connectivity index (χ3v) is 3.42. The van der Waals surface area contributed by atoms with Gasteiger partial charge in [0.1, 0.15) is 11.3 Å². The number of furan rings is 1. The van der Waals surface area contributed by atoms with Gasteiger partial charge in [-0.2, -0.15) is 5.10 Å². The lowest BCUT2D eigenvalue weighted by molar-refractivity contribution is -0.147. The Balaban J connectivity index is 2.24. The van der Waals surface area contributed by atoms with Crippen LogP contribution in [0.15, 0.2) is 27.6 Å². The summed E-state index contributed by atoms with van der Waals surface area (Å²) in [5, 5.41) is 4.23. The Kier molecular flexibility index (Phi) is 3.04. The summed E-state index contributed by atoms with van der Waals surface area (Å²) < 4.78 is 13.1. The molecule has 0 aliphatic carbocycles. The molecule has 0 amide bonds. The zero-order chi connectivity index (χ0) is 15.1. The van der Waals surface area contributed by atoms with Crippen molar-refractivity contribution in [2.24, 2.45) is 0 Å². The predicted octanol–water partition coefficient (Wildman–Crippen LogP) is 1.67. The van der Waals surface area contributed by atoms with Crippen LogP contribution in [-0.4, -0.2) is 26.8 Å². The monoisotopic (exact) mass is 289 g/mol. The lowest BCUT2D eigenvalue weighted by atomic mass is 10.3. The quantitative estimate of drug-likeness (QED) is 0.685. The molecule has 0 bridgehead atoms. The van der Waals surface area contributed by atoms with Crippen molar-refractivity contribution >= 4 is 22.6 Å². The molecule has 0 spiro atoms. The molecule has 0 radical (unpaired) electrons. The average molecular weight is 289 g/mol. The second-order valence-electron chi connectivity index (χ2n) is 4.76. The molecule has 0 saturated heterocycles. The fraction of sp³-hybridized carbons (Fsp3) is 0.357. The Morgan fingerprint density at radius 1 is 1.48 bits per heavy atom. The summed E-state index contributed by atoms with van der Waals surface area (Å²) in [5.41, 5.74) is 1.46. The Bertz CT molecular complexity index is 887. The summed E-state index contributed by atoms with van der Waals surface area (Å²) in [6, 6.07) is 2.65. The molecule has 21 heavy (non-hydrogen) atoms. The molecule has 0 aromatic carbocycles. The van der Waals surface area contributed by atoms with E-state index >= 15 is 0 Å². The van der Waals surface area contributed by atoms with Crippen LogP contribution in [0, 0.1) is 6.92 Å². The number of carbonyl (C=O) groups excluding carboxylic acids is 1. The van der Waals surface area contributed by atoms with Crippen LogP contribution in [0.5, 0.6) is 0 Å². The highest BCUT2D eigenvalue weighted by Gasteiger charge is 2.22. The summed E-state index contributed by atoms with van der Waals surface area (Å²) in [7, 11) is 0. The van der Waals surface area contributed by atoms with Crippen molar-refractivity contribution in [1.82, 2.24) is 14.2 Å². The molecule has 1 unspecified atom stereocenters. The first kappa shape index (κ1) is 13.4. The number of hydrogen-bond donors (Lipinski definition) is 0. The van der Waals surface area contributed by atoms with Crippen LogP contribution < -0.4 is 5.56 Å². The molecule has 7 heteroatoms. The molecule has 1 atom stereocenters. The highest BCUT2D eigenvalue weighted by molar-refractivity contribution is 5.82. The summed E-state index contributed by atoms with van der Waals surface area (Å²) in [6.45, 7) is 5.34. The Hall–Kier alpha value is -2.57. The minimum atomic E-state index is -0.776. The first-order chi connectivity index (χ1) is 10.0. The molecule has 7 nitrogen and oxygen atoms in total. The van der Waals surface area contributed by atoms with E-state index in [0.29, 0.717) is 16.9 Å². The SMILES string of the molecule is CCOC(=O)C(C)n1nc(C)n2c(cc3occc32)c1=O. The number of aryl methyl sites for hydroxylation is 1. The maximum atomic E-state index is 12.5. The Morgan fingerprint density at radius 3 is 2.95 bits per heavy atom. The molecule has 110 valence electrons. The van der Waals surface area contributed by atoms with E-state index in [9.17, 15) is 9.59 Å². The molecule has 0 fully saturated rings. The van der Waals surface area contributed by atoms with Crippen molar-refractivity contribution in [1.29, 1.82) is 0 Å². The van der Waals surface area contributed by atoms with Gasteiger partial charge >= 0.3 is 5.97 Å². The van der Waals surface area contributed by atoms with Crippen LogP contribution >= 0.6 is 0 Å². The van der Waals surface area contributed by atoms with Crippen molar-refractivity contribution in [2.45, 2.75) is 26.8 Å². The lowest BCUT2D eigenvalue weighted by Crippen LogP contribution is -2.33. The fourth-order valence-electron chi connectivity index (χ4n) is 2.42. The Labute approximate surface area is 119 Å². The number of hydrogen-bond acceptors (Lipinski definition) is 5. The molecule has 3 heterocycles. The average Bonchev–Trinajstić information content (AvgIpc) is 3.02. The maximum Gasteiger partial charge on any atom is 0.330 e. The number of rotatable bonds is 3. The van der Waals surface area contributed by atoms with E-state index in [1.807, 2.05) is 0 Å². The predicted molar refractivity (Wildman–Crippen MR) is 75.3 cm³/mol. The van der Waals surface area contributed by atoms with Crippen LogP contribution in [0.4, 0.5) is 0 Å². The molecular formula is C14H15N3O4. The van der Waals surface area contributed by atoms with E-state index in [1.54, 1.807) is 43.6 Å². The van der Waals surface area contributed by atoms with Gasteiger partial charge in [-0.05, 0) is 20.8 Å². The van der Waals surface area contributed by atoms with E-state index in [2.05, 4.69) is 5.10 Å². The highest BCUT2D eigenvalue weighted by atomic mass is 16.5. The zero-order valence-corrected chi connectivity index (χ0v) is 12.0. The fourth-order valence-corrected chi connectivity index (χ4v) is 2.42. The summed E-state index contributed by atoms with van der Waals surface area (Å²) in [4.78, 5) is 24.3. The van der Waals surface area contributed by atoms with Crippen molar-refractivity contribution in [3.8, 4) is 0 Å². The number of aromatic nitrogens is 3. The molecule has 3 aromatic rings. The van der Waals surface area contributed by atoms with E-state index < -0.39 is 12.0 Å². The van der Waals surface area contributed by atoms with Gasteiger partial charge < -0.3 is 9.15 Å². The Morgan fingerprint density at radius 2 is 2.24 bits per heavy atom. The molecule has 3 rings (SSSR count). The van der Waals surface area contributed by atoms with Gasteiger partial charge in [-0.15, -0.1) is 0 Å². The second-order valence-corrected chi connectivity index (χ2v) is 4.76.